The lowest BCUT2D eigenvalue weighted by Gasteiger charge is -2.38. The van der Waals surface area contributed by atoms with Gasteiger partial charge in [-0.05, 0) is 66.9 Å². The van der Waals surface area contributed by atoms with Gasteiger partial charge in [-0.3, -0.25) is 9.69 Å². The van der Waals surface area contributed by atoms with Crippen LogP contribution in [0.5, 0.6) is 11.5 Å². The van der Waals surface area contributed by atoms with Crippen molar-refractivity contribution in [3.8, 4) is 11.5 Å². The van der Waals surface area contributed by atoms with Gasteiger partial charge in [0.05, 0.1) is 0 Å². The maximum absolute atomic E-state index is 13.6. The third-order valence-corrected chi connectivity index (χ3v) is 6.28. The van der Waals surface area contributed by atoms with Crippen LogP contribution < -0.4 is 14.4 Å². The third-order valence-electron chi connectivity index (χ3n) is 6.28. The van der Waals surface area contributed by atoms with Crippen molar-refractivity contribution >= 4 is 11.6 Å². The van der Waals surface area contributed by atoms with Gasteiger partial charge >= 0.3 is 0 Å². The molecule has 0 atom stereocenters. The summed E-state index contributed by atoms with van der Waals surface area (Å²) in [4.78, 5) is 17.7. The first kappa shape index (κ1) is 21.5. The van der Waals surface area contributed by atoms with E-state index in [0.29, 0.717) is 18.8 Å². The minimum Gasteiger partial charge on any atom is -0.486 e. The minimum atomic E-state index is -0.305. The molecule has 5 nitrogen and oxygen atoms in total. The number of likely N-dealkylation sites (tertiary alicyclic amines) is 1. The van der Waals surface area contributed by atoms with Gasteiger partial charge < -0.3 is 14.4 Å². The highest BCUT2D eigenvalue weighted by Gasteiger charge is 2.30. The van der Waals surface area contributed by atoms with Gasteiger partial charge in [0.1, 0.15) is 19.0 Å². The average Bonchev–Trinajstić information content (AvgIpc) is 2.87. The predicted octanol–water partition coefficient (Wildman–Crippen LogP) is 4.91. The first-order chi connectivity index (χ1) is 16.2. The van der Waals surface area contributed by atoms with Crippen LogP contribution in [-0.2, 0) is 6.54 Å². The van der Waals surface area contributed by atoms with E-state index in [0.717, 1.165) is 49.7 Å². The number of benzene rings is 3. The molecular weight excluding hydrogens is 419 g/mol. The van der Waals surface area contributed by atoms with E-state index < -0.39 is 0 Å². The number of amides is 1. The fraction of sp³-hybridized carbons (Fsp3) is 0.296. The molecule has 6 heteroatoms. The van der Waals surface area contributed by atoms with E-state index in [1.807, 2.05) is 41.3 Å². The number of carbonyl (C=O) groups excluding carboxylic acids is 1. The second-order valence-corrected chi connectivity index (χ2v) is 8.50. The van der Waals surface area contributed by atoms with Gasteiger partial charge in [0.2, 0.25) is 0 Å². The van der Waals surface area contributed by atoms with Gasteiger partial charge in [0.15, 0.2) is 11.5 Å². The fourth-order valence-corrected chi connectivity index (χ4v) is 4.60. The second kappa shape index (κ2) is 9.63. The molecule has 0 aromatic heterocycles. The largest absolute Gasteiger partial charge is 0.486 e. The first-order valence-electron chi connectivity index (χ1n) is 11.4. The van der Waals surface area contributed by atoms with Crippen molar-refractivity contribution in [1.82, 2.24) is 4.90 Å². The van der Waals surface area contributed by atoms with Gasteiger partial charge in [0, 0.05) is 36.9 Å². The normalized spacial score (nSPS) is 16.4. The molecule has 0 radical (unpaired) electrons. The standard InChI is InChI=1S/C27H27FN2O3/c28-22-7-9-23(10-8-22)30(27(31)21-4-2-1-3-5-21)24-12-14-29(15-13-24)19-20-6-11-25-26(18-20)33-17-16-32-25/h1-11,18,24H,12-17,19H2. The zero-order chi connectivity index (χ0) is 22.6. The summed E-state index contributed by atoms with van der Waals surface area (Å²) in [5, 5.41) is 0. The monoisotopic (exact) mass is 446 g/mol. The molecule has 1 fully saturated rings. The molecule has 1 amide bonds. The van der Waals surface area contributed by atoms with Crippen LogP contribution >= 0.6 is 0 Å². The Bertz CT molecular complexity index is 1100. The van der Waals surface area contributed by atoms with Crippen LogP contribution in [0.2, 0.25) is 0 Å². The Balaban J connectivity index is 1.29. The molecule has 2 aliphatic rings. The molecule has 3 aromatic carbocycles. The molecule has 2 heterocycles. The molecule has 1 saturated heterocycles. The zero-order valence-corrected chi connectivity index (χ0v) is 18.5. The van der Waals surface area contributed by atoms with Crippen LogP contribution in [0.1, 0.15) is 28.8 Å². The molecule has 0 saturated carbocycles. The van der Waals surface area contributed by atoms with E-state index in [-0.39, 0.29) is 17.8 Å². The summed E-state index contributed by atoms with van der Waals surface area (Å²) in [6.45, 7) is 3.74. The molecule has 170 valence electrons. The molecule has 0 unspecified atom stereocenters. The molecule has 2 aliphatic heterocycles. The van der Waals surface area contributed by atoms with Crippen LogP contribution in [0.25, 0.3) is 0 Å². The van der Waals surface area contributed by atoms with Crippen LogP contribution in [0.3, 0.4) is 0 Å². The molecule has 0 aliphatic carbocycles. The van der Waals surface area contributed by atoms with Crippen LogP contribution in [0.4, 0.5) is 10.1 Å². The van der Waals surface area contributed by atoms with E-state index in [9.17, 15) is 9.18 Å². The molecule has 0 N–H and O–H groups in total. The zero-order valence-electron chi connectivity index (χ0n) is 18.5. The van der Waals surface area contributed by atoms with E-state index in [4.69, 9.17) is 9.47 Å². The summed E-state index contributed by atoms with van der Waals surface area (Å²) in [5.74, 6) is 1.26. The number of halogens is 1. The molecule has 0 spiro atoms. The number of hydrogen-bond donors (Lipinski definition) is 0. The summed E-state index contributed by atoms with van der Waals surface area (Å²) in [6.07, 6.45) is 1.70. The number of fused-ring (bicyclic) bond motifs is 1. The summed E-state index contributed by atoms with van der Waals surface area (Å²) >= 11 is 0. The topological polar surface area (TPSA) is 42.0 Å². The Kier molecular flexibility index (Phi) is 6.26. The van der Waals surface area contributed by atoms with Crippen molar-refractivity contribution in [1.29, 1.82) is 0 Å². The van der Waals surface area contributed by atoms with Crippen molar-refractivity contribution in [2.45, 2.75) is 25.4 Å². The molecule has 33 heavy (non-hydrogen) atoms. The number of hydrogen-bond acceptors (Lipinski definition) is 4. The van der Waals surface area contributed by atoms with Crippen molar-refractivity contribution < 1.29 is 18.7 Å². The van der Waals surface area contributed by atoms with Crippen LogP contribution in [0, 0.1) is 5.82 Å². The maximum Gasteiger partial charge on any atom is 0.258 e. The van der Waals surface area contributed by atoms with Crippen molar-refractivity contribution in [3.05, 3.63) is 89.7 Å². The first-order valence-corrected chi connectivity index (χ1v) is 11.4. The van der Waals surface area contributed by atoms with E-state index in [2.05, 4.69) is 17.0 Å². The minimum absolute atomic E-state index is 0.0486. The molecule has 3 aromatic rings. The number of anilines is 1. The number of nitrogens with zero attached hydrogens (tertiary/aromatic N) is 2. The van der Waals surface area contributed by atoms with Gasteiger partial charge in [0.25, 0.3) is 5.91 Å². The summed E-state index contributed by atoms with van der Waals surface area (Å²) in [5.41, 5.74) is 2.56. The highest BCUT2D eigenvalue weighted by Crippen LogP contribution is 2.32. The Labute approximate surface area is 193 Å². The Morgan fingerprint density at radius 1 is 0.909 bits per heavy atom. The third kappa shape index (κ3) is 4.86. The summed E-state index contributed by atoms with van der Waals surface area (Å²) in [7, 11) is 0. The van der Waals surface area contributed by atoms with Gasteiger partial charge in [-0.15, -0.1) is 0 Å². The molecular formula is C27H27FN2O3. The van der Waals surface area contributed by atoms with E-state index in [1.54, 1.807) is 12.1 Å². The second-order valence-electron chi connectivity index (χ2n) is 8.50. The van der Waals surface area contributed by atoms with Gasteiger partial charge in [-0.2, -0.15) is 0 Å². The van der Waals surface area contributed by atoms with Gasteiger partial charge in [-0.1, -0.05) is 24.3 Å². The number of rotatable bonds is 5. The lowest BCUT2D eigenvalue weighted by molar-refractivity contribution is 0.0958. The van der Waals surface area contributed by atoms with E-state index in [1.165, 1.54) is 17.7 Å². The predicted molar refractivity (Wildman–Crippen MR) is 125 cm³/mol. The highest BCUT2D eigenvalue weighted by molar-refractivity contribution is 6.06. The lowest BCUT2D eigenvalue weighted by Crippen LogP contribution is -2.47. The Morgan fingerprint density at radius 3 is 2.33 bits per heavy atom. The summed E-state index contributed by atoms with van der Waals surface area (Å²) in [6, 6.07) is 21.7. The van der Waals surface area contributed by atoms with Crippen molar-refractivity contribution in [3.63, 3.8) is 0 Å². The molecule has 5 rings (SSSR count). The average molecular weight is 447 g/mol. The fourth-order valence-electron chi connectivity index (χ4n) is 4.60. The Morgan fingerprint density at radius 2 is 1.61 bits per heavy atom. The molecule has 0 bridgehead atoms. The smallest absolute Gasteiger partial charge is 0.258 e. The number of ether oxygens (including phenoxy) is 2. The number of piperidine rings is 1. The van der Waals surface area contributed by atoms with Gasteiger partial charge in [-0.25, -0.2) is 4.39 Å². The number of carbonyl (C=O) groups is 1. The SMILES string of the molecule is O=C(c1ccccc1)N(c1ccc(F)cc1)C1CCN(Cc2ccc3c(c2)OCCO3)CC1. The van der Waals surface area contributed by atoms with Crippen LogP contribution in [0.15, 0.2) is 72.8 Å². The van der Waals surface area contributed by atoms with Crippen molar-refractivity contribution in [2.75, 3.05) is 31.2 Å². The summed E-state index contributed by atoms with van der Waals surface area (Å²) < 4.78 is 24.9. The maximum atomic E-state index is 13.6. The van der Waals surface area contributed by atoms with Crippen LogP contribution in [-0.4, -0.2) is 43.2 Å². The lowest BCUT2D eigenvalue weighted by atomic mass is 10.00. The van der Waals surface area contributed by atoms with Crippen molar-refractivity contribution in [2.24, 2.45) is 0 Å². The quantitative estimate of drug-likeness (QED) is 0.559. The highest BCUT2D eigenvalue weighted by atomic mass is 19.1. The Hall–Kier alpha value is -3.38. The van der Waals surface area contributed by atoms with E-state index >= 15 is 0 Å².